The van der Waals surface area contributed by atoms with Gasteiger partial charge in [0.1, 0.15) is 6.61 Å². The van der Waals surface area contributed by atoms with E-state index in [-0.39, 0.29) is 11.4 Å². The van der Waals surface area contributed by atoms with Gasteiger partial charge in [-0.25, -0.2) is 0 Å². The van der Waals surface area contributed by atoms with Gasteiger partial charge in [0.05, 0.1) is 0 Å². The molecule has 1 aromatic carbocycles. The van der Waals surface area contributed by atoms with Crippen LogP contribution in [-0.2, 0) is 14.9 Å². The summed E-state index contributed by atoms with van der Waals surface area (Å²) >= 11 is 0. The molecule has 0 atom stereocenters. The fraction of sp³-hybridized carbons (Fsp3) is 0.438. The van der Waals surface area contributed by atoms with Gasteiger partial charge >= 0.3 is 5.97 Å². The molecule has 0 unspecified atom stereocenters. The van der Waals surface area contributed by atoms with E-state index in [4.69, 9.17) is 4.74 Å². The summed E-state index contributed by atoms with van der Waals surface area (Å²) < 4.78 is 4.97. The van der Waals surface area contributed by atoms with Crippen molar-refractivity contribution < 1.29 is 9.53 Å². The van der Waals surface area contributed by atoms with Crippen LogP contribution in [0.2, 0.25) is 0 Å². The van der Waals surface area contributed by atoms with Crippen molar-refractivity contribution in [3.63, 3.8) is 0 Å². The highest BCUT2D eigenvalue weighted by atomic mass is 16.5. The average molecular weight is 246 g/mol. The summed E-state index contributed by atoms with van der Waals surface area (Å²) in [6, 6.07) is 8.44. The lowest BCUT2D eigenvalue weighted by Crippen LogP contribution is -2.10. The molecule has 0 saturated carbocycles. The minimum Gasteiger partial charge on any atom is -0.461 e. The Morgan fingerprint density at radius 2 is 1.94 bits per heavy atom. The molecule has 0 N–H and O–H groups in total. The van der Waals surface area contributed by atoms with E-state index in [0.29, 0.717) is 6.61 Å². The molecule has 0 bridgehead atoms. The predicted octanol–water partition coefficient (Wildman–Crippen LogP) is 3.95. The summed E-state index contributed by atoms with van der Waals surface area (Å²) in [5.74, 6) is -0.244. The van der Waals surface area contributed by atoms with Crippen molar-refractivity contribution in [1.29, 1.82) is 0 Å². The SMILES string of the molecule is CC(=O)OC/C(C)=C/c1cccc(C(C)(C)C)c1. The van der Waals surface area contributed by atoms with Crippen LogP contribution >= 0.6 is 0 Å². The molecule has 18 heavy (non-hydrogen) atoms. The van der Waals surface area contributed by atoms with Gasteiger partial charge in [-0.1, -0.05) is 51.1 Å². The van der Waals surface area contributed by atoms with Crippen LogP contribution in [0.15, 0.2) is 29.8 Å². The Labute approximate surface area is 110 Å². The second kappa shape index (κ2) is 5.85. The second-order valence-corrected chi connectivity index (χ2v) is 5.65. The van der Waals surface area contributed by atoms with Gasteiger partial charge in [-0.3, -0.25) is 4.79 Å². The zero-order valence-corrected chi connectivity index (χ0v) is 11.9. The van der Waals surface area contributed by atoms with E-state index in [1.807, 2.05) is 6.92 Å². The van der Waals surface area contributed by atoms with E-state index in [9.17, 15) is 4.79 Å². The Kier molecular flexibility index (Phi) is 4.71. The van der Waals surface area contributed by atoms with Crippen LogP contribution in [0.4, 0.5) is 0 Å². The van der Waals surface area contributed by atoms with Crippen LogP contribution in [0.3, 0.4) is 0 Å². The van der Waals surface area contributed by atoms with Gasteiger partial charge in [0.15, 0.2) is 0 Å². The molecule has 1 aromatic rings. The van der Waals surface area contributed by atoms with Crippen molar-refractivity contribution in [2.75, 3.05) is 6.61 Å². The molecule has 98 valence electrons. The second-order valence-electron chi connectivity index (χ2n) is 5.65. The topological polar surface area (TPSA) is 26.3 Å². The van der Waals surface area contributed by atoms with Crippen molar-refractivity contribution in [2.45, 2.75) is 40.0 Å². The van der Waals surface area contributed by atoms with Crippen LogP contribution in [0.5, 0.6) is 0 Å². The lowest BCUT2D eigenvalue weighted by molar-refractivity contribution is -0.139. The molecule has 0 fully saturated rings. The molecule has 0 amide bonds. The van der Waals surface area contributed by atoms with Gasteiger partial charge in [0.25, 0.3) is 0 Å². The smallest absolute Gasteiger partial charge is 0.302 e. The molecule has 2 heteroatoms. The lowest BCUT2D eigenvalue weighted by Gasteiger charge is -2.19. The molecule has 0 radical (unpaired) electrons. The standard InChI is InChI=1S/C16H22O2/c1-12(11-18-13(2)17)9-14-7-6-8-15(10-14)16(3,4)5/h6-10H,11H2,1-5H3/b12-9+. The first-order valence-electron chi connectivity index (χ1n) is 6.20. The van der Waals surface area contributed by atoms with Crippen molar-refractivity contribution in [3.8, 4) is 0 Å². The summed E-state index contributed by atoms with van der Waals surface area (Å²) in [6.07, 6.45) is 2.05. The molecule has 0 saturated heterocycles. The van der Waals surface area contributed by atoms with Crippen molar-refractivity contribution in [2.24, 2.45) is 0 Å². The number of carbonyl (C=O) groups excluding carboxylic acids is 1. The number of ether oxygens (including phenoxy) is 1. The number of rotatable bonds is 3. The van der Waals surface area contributed by atoms with E-state index in [1.165, 1.54) is 12.5 Å². The lowest BCUT2D eigenvalue weighted by atomic mass is 9.86. The van der Waals surface area contributed by atoms with Gasteiger partial charge in [-0.2, -0.15) is 0 Å². The molecular weight excluding hydrogens is 224 g/mol. The Morgan fingerprint density at radius 3 is 2.50 bits per heavy atom. The van der Waals surface area contributed by atoms with E-state index >= 15 is 0 Å². The first-order valence-corrected chi connectivity index (χ1v) is 6.20. The average Bonchev–Trinajstić information content (AvgIpc) is 2.25. The van der Waals surface area contributed by atoms with Gasteiger partial charge in [0.2, 0.25) is 0 Å². The summed E-state index contributed by atoms with van der Waals surface area (Å²) in [5, 5.41) is 0. The zero-order chi connectivity index (χ0) is 13.8. The summed E-state index contributed by atoms with van der Waals surface area (Å²) in [5.41, 5.74) is 3.63. The normalized spacial score (nSPS) is 12.4. The van der Waals surface area contributed by atoms with Crippen LogP contribution in [-0.4, -0.2) is 12.6 Å². The molecule has 0 spiro atoms. The third kappa shape index (κ3) is 4.74. The summed E-state index contributed by atoms with van der Waals surface area (Å²) in [6.45, 7) is 10.3. The molecule has 0 aliphatic heterocycles. The minimum atomic E-state index is -0.244. The monoisotopic (exact) mass is 246 g/mol. The molecule has 0 aromatic heterocycles. The first-order chi connectivity index (χ1) is 8.29. The quantitative estimate of drug-likeness (QED) is 0.755. The highest BCUT2D eigenvalue weighted by molar-refractivity contribution is 5.66. The summed E-state index contributed by atoms with van der Waals surface area (Å²) in [4.78, 5) is 10.7. The third-order valence-corrected chi connectivity index (χ3v) is 2.67. The van der Waals surface area contributed by atoms with Crippen LogP contribution < -0.4 is 0 Å². The molecule has 0 aliphatic rings. The number of hydrogen-bond donors (Lipinski definition) is 0. The highest BCUT2D eigenvalue weighted by Crippen LogP contribution is 2.23. The molecule has 2 nitrogen and oxygen atoms in total. The fourth-order valence-electron chi connectivity index (χ4n) is 1.64. The minimum absolute atomic E-state index is 0.146. The number of esters is 1. The zero-order valence-electron chi connectivity index (χ0n) is 11.9. The molecule has 1 rings (SSSR count). The molecule has 0 heterocycles. The molecular formula is C16H22O2. The fourth-order valence-corrected chi connectivity index (χ4v) is 1.64. The van der Waals surface area contributed by atoms with Crippen LogP contribution in [0.25, 0.3) is 6.08 Å². The van der Waals surface area contributed by atoms with E-state index in [1.54, 1.807) is 0 Å². The van der Waals surface area contributed by atoms with Crippen LogP contribution in [0.1, 0.15) is 45.7 Å². The predicted molar refractivity (Wildman–Crippen MR) is 75.4 cm³/mol. The van der Waals surface area contributed by atoms with Gasteiger partial charge < -0.3 is 4.74 Å². The highest BCUT2D eigenvalue weighted by Gasteiger charge is 2.13. The maximum atomic E-state index is 10.7. The Morgan fingerprint density at radius 1 is 1.28 bits per heavy atom. The number of hydrogen-bond acceptors (Lipinski definition) is 2. The molecule has 0 aliphatic carbocycles. The number of carbonyl (C=O) groups is 1. The van der Waals surface area contributed by atoms with Gasteiger partial charge in [0, 0.05) is 6.92 Å². The van der Waals surface area contributed by atoms with Crippen LogP contribution in [0, 0.1) is 0 Å². The third-order valence-electron chi connectivity index (χ3n) is 2.67. The van der Waals surface area contributed by atoms with E-state index < -0.39 is 0 Å². The van der Waals surface area contributed by atoms with E-state index in [2.05, 4.69) is 51.1 Å². The summed E-state index contributed by atoms with van der Waals surface area (Å²) in [7, 11) is 0. The van der Waals surface area contributed by atoms with Crippen molar-refractivity contribution in [1.82, 2.24) is 0 Å². The van der Waals surface area contributed by atoms with Gasteiger partial charge in [-0.15, -0.1) is 0 Å². The van der Waals surface area contributed by atoms with Crippen molar-refractivity contribution in [3.05, 3.63) is 41.0 Å². The van der Waals surface area contributed by atoms with E-state index in [0.717, 1.165) is 11.1 Å². The Hall–Kier alpha value is -1.57. The Bertz CT molecular complexity index is 450. The van der Waals surface area contributed by atoms with Crippen molar-refractivity contribution >= 4 is 12.0 Å². The number of benzene rings is 1. The maximum absolute atomic E-state index is 10.7. The first kappa shape index (κ1) is 14.5. The maximum Gasteiger partial charge on any atom is 0.302 e. The largest absolute Gasteiger partial charge is 0.461 e. The van der Waals surface area contributed by atoms with Gasteiger partial charge in [-0.05, 0) is 29.0 Å². The Balaban J connectivity index is 2.84.